The van der Waals surface area contributed by atoms with E-state index >= 15 is 0 Å². The maximum Gasteiger partial charge on any atom is 0.395 e. The Bertz CT molecular complexity index is 227. The molecule has 2 atom stereocenters. The Labute approximate surface area is 68.7 Å². The quantitative estimate of drug-likeness (QED) is 0.603. The summed E-state index contributed by atoms with van der Waals surface area (Å²) in [5.74, 6) is -2.07. The number of hydrogen-bond acceptors (Lipinski definition) is 1. The van der Waals surface area contributed by atoms with Gasteiger partial charge >= 0.3 is 6.18 Å². The zero-order valence-corrected chi connectivity index (χ0v) is 6.60. The van der Waals surface area contributed by atoms with Gasteiger partial charge in [-0.05, 0) is 6.08 Å². The normalized spacial score (nSPS) is 30.2. The Morgan fingerprint density at radius 1 is 1.42 bits per heavy atom. The van der Waals surface area contributed by atoms with Crippen molar-refractivity contribution >= 4 is 0 Å². The Hall–Kier alpha value is -0.930. The summed E-state index contributed by atoms with van der Waals surface area (Å²) >= 11 is 0. The van der Waals surface area contributed by atoms with Crippen LogP contribution in [0.4, 0.5) is 13.2 Å². The van der Waals surface area contributed by atoms with E-state index in [1.165, 1.54) is 19.1 Å². The topological polar surface area (TPSA) is 26.0 Å². The lowest BCUT2D eigenvalue weighted by atomic mass is 9.87. The standard InChI is InChI=1S/C8H10F3N/c1-5-6(8(9,10)11)3-2-4-7(5)12/h2-6H,12H2,1H3. The number of alkyl halides is 3. The van der Waals surface area contributed by atoms with Crippen molar-refractivity contribution in [2.75, 3.05) is 0 Å². The molecule has 0 amide bonds. The molecule has 68 valence electrons. The molecule has 4 heteroatoms. The first-order chi connectivity index (χ1) is 5.43. The van der Waals surface area contributed by atoms with Crippen LogP contribution in [-0.4, -0.2) is 6.18 Å². The van der Waals surface area contributed by atoms with Gasteiger partial charge < -0.3 is 5.73 Å². The number of hydrogen-bond donors (Lipinski definition) is 1. The fourth-order valence-electron chi connectivity index (χ4n) is 1.20. The molecule has 12 heavy (non-hydrogen) atoms. The van der Waals surface area contributed by atoms with Crippen LogP contribution >= 0.6 is 0 Å². The largest absolute Gasteiger partial charge is 0.402 e. The molecule has 0 spiro atoms. The van der Waals surface area contributed by atoms with Crippen molar-refractivity contribution in [2.24, 2.45) is 17.6 Å². The first kappa shape index (κ1) is 9.16. The highest BCUT2D eigenvalue weighted by Gasteiger charge is 2.42. The summed E-state index contributed by atoms with van der Waals surface area (Å²) in [5, 5.41) is 0. The number of allylic oxidation sites excluding steroid dienone is 4. The van der Waals surface area contributed by atoms with Crippen LogP contribution in [0.5, 0.6) is 0 Å². The molecule has 0 fully saturated rings. The second-order valence-corrected chi connectivity index (χ2v) is 2.91. The molecule has 0 aliphatic heterocycles. The van der Waals surface area contributed by atoms with Gasteiger partial charge in [-0.1, -0.05) is 19.1 Å². The van der Waals surface area contributed by atoms with Gasteiger partial charge in [-0.15, -0.1) is 0 Å². The van der Waals surface area contributed by atoms with Gasteiger partial charge in [0.2, 0.25) is 0 Å². The third-order valence-electron chi connectivity index (χ3n) is 2.05. The molecule has 0 radical (unpaired) electrons. The van der Waals surface area contributed by atoms with Crippen LogP contribution < -0.4 is 5.73 Å². The smallest absolute Gasteiger partial charge is 0.395 e. The Morgan fingerprint density at radius 2 is 2.00 bits per heavy atom. The van der Waals surface area contributed by atoms with Crippen molar-refractivity contribution in [3.63, 3.8) is 0 Å². The minimum absolute atomic E-state index is 0.292. The van der Waals surface area contributed by atoms with E-state index in [1.807, 2.05) is 0 Å². The van der Waals surface area contributed by atoms with Crippen LogP contribution in [0, 0.1) is 11.8 Å². The fourth-order valence-corrected chi connectivity index (χ4v) is 1.20. The van der Waals surface area contributed by atoms with Crippen molar-refractivity contribution in [2.45, 2.75) is 13.1 Å². The third kappa shape index (κ3) is 1.62. The molecule has 2 unspecified atom stereocenters. The highest BCUT2D eigenvalue weighted by molar-refractivity contribution is 5.21. The second kappa shape index (κ2) is 2.84. The molecule has 0 heterocycles. The lowest BCUT2D eigenvalue weighted by Gasteiger charge is -2.26. The lowest BCUT2D eigenvalue weighted by molar-refractivity contribution is -0.170. The molecule has 0 saturated carbocycles. The van der Waals surface area contributed by atoms with Gasteiger partial charge in [-0.25, -0.2) is 0 Å². The molecule has 0 aromatic carbocycles. The minimum Gasteiger partial charge on any atom is -0.402 e. The van der Waals surface area contributed by atoms with E-state index in [0.717, 1.165) is 6.08 Å². The van der Waals surface area contributed by atoms with E-state index in [4.69, 9.17) is 5.73 Å². The van der Waals surface area contributed by atoms with Crippen molar-refractivity contribution < 1.29 is 13.2 Å². The second-order valence-electron chi connectivity index (χ2n) is 2.91. The predicted octanol–water partition coefficient (Wildman–Crippen LogP) is 2.21. The summed E-state index contributed by atoms with van der Waals surface area (Å²) in [5.41, 5.74) is 5.67. The van der Waals surface area contributed by atoms with Gasteiger partial charge in [0.1, 0.15) is 0 Å². The lowest BCUT2D eigenvalue weighted by Crippen LogP contribution is -2.31. The molecule has 1 aliphatic rings. The molecule has 0 bridgehead atoms. The first-order valence-electron chi connectivity index (χ1n) is 3.63. The summed E-state index contributed by atoms with van der Waals surface area (Å²) < 4.78 is 36.7. The average Bonchev–Trinajstić information content (AvgIpc) is 1.92. The molecule has 0 aromatic rings. The van der Waals surface area contributed by atoms with Gasteiger partial charge in [-0.3, -0.25) is 0 Å². The van der Waals surface area contributed by atoms with Crippen LogP contribution in [0.25, 0.3) is 0 Å². The van der Waals surface area contributed by atoms with Crippen LogP contribution in [0.2, 0.25) is 0 Å². The summed E-state index contributed by atoms with van der Waals surface area (Å²) in [6, 6.07) is 0. The summed E-state index contributed by atoms with van der Waals surface area (Å²) in [7, 11) is 0. The van der Waals surface area contributed by atoms with E-state index in [1.54, 1.807) is 0 Å². The maximum absolute atomic E-state index is 12.2. The van der Waals surface area contributed by atoms with Gasteiger partial charge in [-0.2, -0.15) is 13.2 Å². The molecule has 1 rings (SSSR count). The SMILES string of the molecule is CC1C(N)=CC=CC1C(F)(F)F. The molecular weight excluding hydrogens is 167 g/mol. The number of halogens is 3. The fraction of sp³-hybridized carbons (Fsp3) is 0.500. The first-order valence-corrected chi connectivity index (χ1v) is 3.63. The minimum atomic E-state index is -4.19. The van der Waals surface area contributed by atoms with E-state index in [-0.39, 0.29) is 0 Å². The zero-order chi connectivity index (χ0) is 9.35. The van der Waals surface area contributed by atoms with Crippen molar-refractivity contribution in [3.8, 4) is 0 Å². The van der Waals surface area contributed by atoms with Crippen LogP contribution in [-0.2, 0) is 0 Å². The van der Waals surface area contributed by atoms with Crippen molar-refractivity contribution in [3.05, 3.63) is 23.9 Å². The Balaban J connectivity index is 2.84. The van der Waals surface area contributed by atoms with Crippen LogP contribution in [0.15, 0.2) is 23.9 Å². The van der Waals surface area contributed by atoms with Gasteiger partial charge in [0.05, 0.1) is 5.92 Å². The van der Waals surface area contributed by atoms with Gasteiger partial charge in [0.25, 0.3) is 0 Å². The highest BCUT2D eigenvalue weighted by Crippen LogP contribution is 2.36. The van der Waals surface area contributed by atoms with E-state index in [2.05, 4.69) is 0 Å². The molecule has 0 aromatic heterocycles. The molecular formula is C8H10F3N. The average molecular weight is 177 g/mol. The van der Waals surface area contributed by atoms with E-state index < -0.39 is 18.0 Å². The molecule has 2 N–H and O–H groups in total. The molecule has 0 saturated heterocycles. The van der Waals surface area contributed by atoms with Crippen molar-refractivity contribution in [1.29, 1.82) is 0 Å². The Morgan fingerprint density at radius 3 is 2.42 bits per heavy atom. The van der Waals surface area contributed by atoms with Gasteiger partial charge in [0.15, 0.2) is 0 Å². The third-order valence-corrected chi connectivity index (χ3v) is 2.05. The van der Waals surface area contributed by atoms with Crippen molar-refractivity contribution in [1.82, 2.24) is 0 Å². The monoisotopic (exact) mass is 177 g/mol. The zero-order valence-electron chi connectivity index (χ0n) is 6.60. The maximum atomic E-state index is 12.2. The molecule has 1 aliphatic carbocycles. The predicted molar refractivity (Wildman–Crippen MR) is 40.1 cm³/mol. The summed E-state index contributed by atoms with van der Waals surface area (Å²) in [6.45, 7) is 1.48. The highest BCUT2D eigenvalue weighted by atomic mass is 19.4. The van der Waals surface area contributed by atoms with Gasteiger partial charge in [0, 0.05) is 11.6 Å². The summed E-state index contributed by atoms with van der Waals surface area (Å²) in [4.78, 5) is 0. The van der Waals surface area contributed by atoms with E-state index in [0.29, 0.717) is 5.70 Å². The van der Waals surface area contributed by atoms with Crippen LogP contribution in [0.3, 0.4) is 0 Å². The van der Waals surface area contributed by atoms with E-state index in [9.17, 15) is 13.2 Å². The number of rotatable bonds is 0. The summed E-state index contributed by atoms with van der Waals surface area (Å²) in [6.07, 6.45) is -0.184. The number of nitrogens with two attached hydrogens (primary N) is 1. The Kier molecular flexibility index (Phi) is 2.17. The molecule has 1 nitrogen and oxygen atoms in total. The van der Waals surface area contributed by atoms with Crippen LogP contribution in [0.1, 0.15) is 6.92 Å².